The van der Waals surface area contributed by atoms with Crippen LogP contribution in [0.5, 0.6) is 0 Å². The van der Waals surface area contributed by atoms with Gasteiger partial charge in [-0.2, -0.15) is 0 Å². The minimum absolute atomic E-state index is 0.0707. The Hall–Kier alpha value is -3.00. The smallest absolute Gasteiger partial charge is 0.306 e. The summed E-state index contributed by atoms with van der Waals surface area (Å²) in [7, 11) is 0. The normalized spacial score (nSPS) is 10.1. The van der Waals surface area contributed by atoms with Gasteiger partial charge in [-0.3, -0.25) is 19.2 Å². The SMILES string of the molecule is CC(=O)Nc1ccc(NC(=O)CCC(=O)OCC(=O)c2ccc(Br)cc2)cc1. The molecule has 0 aliphatic rings. The van der Waals surface area contributed by atoms with E-state index in [4.69, 9.17) is 4.74 Å². The molecule has 0 aromatic heterocycles. The van der Waals surface area contributed by atoms with E-state index in [0.717, 1.165) is 4.47 Å². The van der Waals surface area contributed by atoms with E-state index in [1.54, 1.807) is 48.5 Å². The number of ketones is 1. The number of ether oxygens (including phenoxy) is 1. The van der Waals surface area contributed by atoms with Gasteiger partial charge in [0.2, 0.25) is 11.8 Å². The van der Waals surface area contributed by atoms with Crippen molar-refractivity contribution in [3.05, 3.63) is 58.6 Å². The van der Waals surface area contributed by atoms with Crippen LogP contribution in [0.3, 0.4) is 0 Å². The average Bonchev–Trinajstić information content (AvgIpc) is 2.66. The molecule has 0 aliphatic heterocycles. The monoisotopic (exact) mass is 446 g/mol. The largest absolute Gasteiger partial charge is 0.457 e. The molecule has 0 spiro atoms. The minimum Gasteiger partial charge on any atom is -0.457 e. The van der Waals surface area contributed by atoms with E-state index in [2.05, 4.69) is 26.6 Å². The Morgan fingerprint density at radius 1 is 0.857 bits per heavy atom. The van der Waals surface area contributed by atoms with E-state index in [1.165, 1.54) is 6.92 Å². The molecule has 0 saturated heterocycles. The maximum absolute atomic E-state index is 11.9. The van der Waals surface area contributed by atoms with E-state index < -0.39 is 5.97 Å². The fourth-order valence-electron chi connectivity index (χ4n) is 2.22. The molecule has 0 atom stereocenters. The van der Waals surface area contributed by atoms with Crippen LogP contribution in [-0.4, -0.2) is 30.2 Å². The van der Waals surface area contributed by atoms with Gasteiger partial charge in [-0.1, -0.05) is 28.1 Å². The predicted octanol–water partition coefficient (Wildman–Crippen LogP) is 3.55. The number of rotatable bonds is 8. The summed E-state index contributed by atoms with van der Waals surface area (Å²) in [5.41, 5.74) is 1.60. The molecule has 2 N–H and O–H groups in total. The number of Topliss-reactive ketones (excluding diaryl/α,β-unsaturated/α-hetero) is 1. The van der Waals surface area contributed by atoms with E-state index in [9.17, 15) is 19.2 Å². The van der Waals surface area contributed by atoms with Gasteiger partial charge in [0.05, 0.1) is 6.42 Å². The van der Waals surface area contributed by atoms with Gasteiger partial charge in [0.1, 0.15) is 0 Å². The molecule has 0 heterocycles. The molecule has 7 nitrogen and oxygen atoms in total. The molecule has 0 saturated carbocycles. The summed E-state index contributed by atoms with van der Waals surface area (Å²) in [6, 6.07) is 13.3. The first-order chi connectivity index (χ1) is 13.3. The fourth-order valence-corrected chi connectivity index (χ4v) is 2.48. The summed E-state index contributed by atoms with van der Waals surface area (Å²) in [4.78, 5) is 46.5. The predicted molar refractivity (Wildman–Crippen MR) is 108 cm³/mol. The zero-order valence-electron chi connectivity index (χ0n) is 15.2. The lowest BCUT2D eigenvalue weighted by atomic mass is 10.1. The standard InChI is InChI=1S/C20H19BrN2O5/c1-13(24)22-16-6-8-17(9-7-16)23-19(26)10-11-20(27)28-12-18(25)14-2-4-15(21)5-3-14/h2-9H,10-12H2,1H3,(H,22,24)(H,23,26). The third-order valence-corrected chi connectivity index (χ3v) is 4.10. The van der Waals surface area contributed by atoms with Crippen molar-refractivity contribution in [2.45, 2.75) is 19.8 Å². The van der Waals surface area contributed by atoms with E-state index in [-0.39, 0.29) is 37.0 Å². The van der Waals surface area contributed by atoms with Crippen LogP contribution >= 0.6 is 15.9 Å². The quantitative estimate of drug-likeness (QED) is 0.476. The molecule has 0 aliphatic carbocycles. The van der Waals surface area contributed by atoms with Gasteiger partial charge in [0, 0.05) is 34.8 Å². The number of amides is 2. The van der Waals surface area contributed by atoms with Crippen molar-refractivity contribution in [1.29, 1.82) is 0 Å². The van der Waals surface area contributed by atoms with Gasteiger partial charge in [-0.05, 0) is 36.4 Å². The summed E-state index contributed by atoms with van der Waals surface area (Å²) >= 11 is 3.28. The van der Waals surface area contributed by atoms with Crippen molar-refractivity contribution >= 4 is 50.9 Å². The highest BCUT2D eigenvalue weighted by atomic mass is 79.9. The molecular weight excluding hydrogens is 428 g/mol. The molecule has 2 aromatic carbocycles. The molecule has 0 fully saturated rings. The molecule has 146 valence electrons. The van der Waals surface area contributed by atoms with Crippen molar-refractivity contribution in [3.63, 3.8) is 0 Å². The third kappa shape index (κ3) is 7.32. The van der Waals surface area contributed by atoms with E-state index in [0.29, 0.717) is 16.9 Å². The Balaban J connectivity index is 1.71. The number of esters is 1. The first kappa shape index (κ1) is 21.3. The molecule has 0 unspecified atom stereocenters. The van der Waals surface area contributed by atoms with Crippen LogP contribution in [-0.2, 0) is 19.1 Å². The zero-order valence-corrected chi connectivity index (χ0v) is 16.7. The molecular formula is C20H19BrN2O5. The van der Waals surface area contributed by atoms with Crippen molar-refractivity contribution < 1.29 is 23.9 Å². The van der Waals surface area contributed by atoms with Crippen LogP contribution < -0.4 is 10.6 Å². The fraction of sp³-hybridized carbons (Fsp3) is 0.200. The van der Waals surface area contributed by atoms with Crippen LogP contribution in [0.4, 0.5) is 11.4 Å². The molecule has 0 bridgehead atoms. The molecule has 8 heteroatoms. The van der Waals surface area contributed by atoms with Crippen molar-refractivity contribution in [2.75, 3.05) is 17.2 Å². The van der Waals surface area contributed by atoms with Gasteiger partial charge in [0.15, 0.2) is 12.4 Å². The number of nitrogens with one attached hydrogen (secondary N) is 2. The topological polar surface area (TPSA) is 102 Å². The maximum atomic E-state index is 11.9. The Morgan fingerprint density at radius 3 is 2.00 bits per heavy atom. The van der Waals surface area contributed by atoms with Crippen LogP contribution in [0, 0.1) is 0 Å². The van der Waals surface area contributed by atoms with Crippen molar-refractivity contribution in [2.24, 2.45) is 0 Å². The minimum atomic E-state index is -0.624. The second-order valence-corrected chi connectivity index (χ2v) is 6.81. The molecule has 0 radical (unpaired) electrons. The number of halogens is 1. The number of benzene rings is 2. The van der Waals surface area contributed by atoms with Crippen molar-refractivity contribution in [1.82, 2.24) is 0 Å². The summed E-state index contributed by atoms with van der Waals surface area (Å²) in [6.45, 7) is 1.04. The van der Waals surface area contributed by atoms with Gasteiger partial charge in [0.25, 0.3) is 0 Å². The van der Waals surface area contributed by atoms with E-state index >= 15 is 0 Å². The number of carbonyl (C=O) groups excluding carboxylic acids is 4. The lowest BCUT2D eigenvalue weighted by molar-refractivity contribution is -0.143. The Kier molecular flexibility index (Phi) is 7.88. The molecule has 28 heavy (non-hydrogen) atoms. The third-order valence-electron chi connectivity index (χ3n) is 3.58. The first-order valence-corrected chi connectivity index (χ1v) is 9.24. The van der Waals surface area contributed by atoms with Crippen LogP contribution in [0.2, 0.25) is 0 Å². The van der Waals surface area contributed by atoms with Crippen LogP contribution in [0.25, 0.3) is 0 Å². The molecule has 2 amide bonds. The van der Waals surface area contributed by atoms with Crippen LogP contribution in [0.15, 0.2) is 53.0 Å². The Labute approximate surface area is 170 Å². The van der Waals surface area contributed by atoms with Gasteiger partial charge in [-0.25, -0.2) is 0 Å². The maximum Gasteiger partial charge on any atom is 0.306 e. The summed E-state index contributed by atoms with van der Waals surface area (Å²) < 4.78 is 5.77. The molecule has 2 aromatic rings. The second-order valence-electron chi connectivity index (χ2n) is 5.90. The first-order valence-electron chi connectivity index (χ1n) is 8.45. The molecule has 2 rings (SSSR count). The second kappa shape index (κ2) is 10.4. The summed E-state index contributed by atoms with van der Waals surface area (Å²) in [5.74, 6) is -1.48. The van der Waals surface area contributed by atoms with Gasteiger partial charge in [-0.15, -0.1) is 0 Å². The van der Waals surface area contributed by atoms with Crippen LogP contribution in [0.1, 0.15) is 30.1 Å². The highest BCUT2D eigenvalue weighted by Gasteiger charge is 2.12. The Bertz CT molecular complexity index is 863. The summed E-state index contributed by atoms with van der Waals surface area (Å²) in [5, 5.41) is 5.26. The highest BCUT2D eigenvalue weighted by molar-refractivity contribution is 9.10. The van der Waals surface area contributed by atoms with Gasteiger partial charge < -0.3 is 15.4 Å². The Morgan fingerprint density at radius 2 is 1.43 bits per heavy atom. The zero-order chi connectivity index (χ0) is 20.5. The number of carbonyl (C=O) groups is 4. The number of hydrogen-bond donors (Lipinski definition) is 2. The van der Waals surface area contributed by atoms with E-state index in [1.807, 2.05) is 0 Å². The lowest BCUT2D eigenvalue weighted by Gasteiger charge is -2.07. The lowest BCUT2D eigenvalue weighted by Crippen LogP contribution is -2.17. The van der Waals surface area contributed by atoms with Gasteiger partial charge >= 0.3 is 5.97 Å². The number of hydrogen-bond acceptors (Lipinski definition) is 5. The average molecular weight is 447 g/mol. The highest BCUT2D eigenvalue weighted by Crippen LogP contribution is 2.14. The summed E-state index contributed by atoms with van der Waals surface area (Å²) in [6.07, 6.45) is -0.206. The number of anilines is 2. The van der Waals surface area contributed by atoms with Crippen molar-refractivity contribution in [3.8, 4) is 0 Å².